The van der Waals surface area contributed by atoms with E-state index in [-0.39, 0.29) is 17.1 Å². The number of nitrogens with zero attached hydrogens (tertiary/aromatic N) is 3. The summed E-state index contributed by atoms with van der Waals surface area (Å²) in [7, 11) is 0. The van der Waals surface area contributed by atoms with Crippen molar-refractivity contribution in [3.8, 4) is 12.3 Å². The lowest BCUT2D eigenvalue weighted by Gasteiger charge is -2.09. The first-order chi connectivity index (χ1) is 15.8. The maximum atomic E-state index is 11.4. The predicted octanol–water partition coefficient (Wildman–Crippen LogP) is 3.58. The van der Waals surface area contributed by atoms with Crippen LogP contribution in [0.2, 0.25) is 0 Å². The summed E-state index contributed by atoms with van der Waals surface area (Å²) in [5.74, 6) is -0.0172. The van der Waals surface area contributed by atoms with Crippen molar-refractivity contribution in [3.05, 3.63) is 60.2 Å². The van der Waals surface area contributed by atoms with Gasteiger partial charge in [0.1, 0.15) is 5.71 Å². The van der Waals surface area contributed by atoms with Crippen molar-refractivity contribution in [1.29, 1.82) is 0 Å². The van der Waals surface area contributed by atoms with E-state index in [9.17, 15) is 14.4 Å². The van der Waals surface area contributed by atoms with Crippen LogP contribution >= 0.6 is 11.8 Å². The van der Waals surface area contributed by atoms with Crippen molar-refractivity contribution in [3.63, 3.8) is 0 Å². The van der Waals surface area contributed by atoms with E-state index in [0.717, 1.165) is 30.6 Å². The fourth-order valence-electron chi connectivity index (χ4n) is 2.20. The van der Waals surface area contributed by atoms with Crippen molar-refractivity contribution in [1.82, 2.24) is 0 Å². The fraction of sp³-hybridized carbons (Fsp3) is 0.130. The molecule has 168 valence electrons. The molecule has 0 atom stereocenters. The molecule has 0 aliphatic rings. The molecule has 0 bridgehead atoms. The first kappa shape index (κ1) is 25.0. The maximum absolute atomic E-state index is 11.4. The third kappa shape index (κ3) is 8.43. The average molecular weight is 465 g/mol. The second-order valence-corrected chi connectivity index (χ2v) is 7.30. The second-order valence-electron chi connectivity index (χ2n) is 6.15. The average Bonchev–Trinajstić information content (AvgIpc) is 2.78. The smallest absolute Gasteiger partial charge is 0.318 e. The maximum Gasteiger partial charge on any atom is 0.332 e. The van der Waals surface area contributed by atoms with Crippen LogP contribution in [0.3, 0.4) is 0 Å². The largest absolute Gasteiger partial charge is 0.332 e. The third-order valence-corrected chi connectivity index (χ3v) is 4.50. The number of terminal acetylenes is 1. The molecule has 0 aliphatic carbocycles. The Balaban J connectivity index is 2.51. The normalized spacial score (nSPS) is 11.9. The predicted molar refractivity (Wildman–Crippen MR) is 123 cm³/mol. The summed E-state index contributed by atoms with van der Waals surface area (Å²) in [6, 6.07) is 16.7. The first-order valence-corrected chi connectivity index (χ1v) is 10.2. The highest BCUT2D eigenvalue weighted by atomic mass is 32.2. The number of hydrogen-bond donors (Lipinski definition) is 0. The third-order valence-electron chi connectivity index (χ3n) is 3.49. The number of oxime groups is 3. The van der Waals surface area contributed by atoms with E-state index < -0.39 is 17.9 Å². The molecule has 0 aromatic heterocycles. The van der Waals surface area contributed by atoms with Crippen LogP contribution in [0.15, 0.2) is 79.9 Å². The number of carbonyl (C=O) groups is 3. The minimum Gasteiger partial charge on any atom is -0.318 e. The molecule has 0 unspecified atom stereocenters. The minimum atomic E-state index is -0.752. The molecule has 10 heteroatoms. The van der Waals surface area contributed by atoms with Crippen LogP contribution in [0.25, 0.3) is 0 Å². The van der Waals surface area contributed by atoms with Gasteiger partial charge in [-0.1, -0.05) is 57.6 Å². The Morgan fingerprint density at radius 3 is 1.82 bits per heavy atom. The Labute approximate surface area is 194 Å². The lowest BCUT2D eigenvalue weighted by molar-refractivity contribution is -0.142. The van der Waals surface area contributed by atoms with E-state index in [1.165, 1.54) is 11.8 Å². The van der Waals surface area contributed by atoms with E-state index in [4.69, 9.17) is 16.1 Å². The number of rotatable bonds is 8. The molecule has 33 heavy (non-hydrogen) atoms. The van der Waals surface area contributed by atoms with Gasteiger partial charge in [-0.05, 0) is 30.2 Å². The molecule has 0 fully saturated rings. The summed E-state index contributed by atoms with van der Waals surface area (Å²) >= 11 is 1.53. The van der Waals surface area contributed by atoms with Gasteiger partial charge in [-0.3, -0.25) is 0 Å². The van der Waals surface area contributed by atoms with Gasteiger partial charge in [-0.15, -0.1) is 6.42 Å². The van der Waals surface area contributed by atoms with Gasteiger partial charge in [-0.2, -0.15) is 0 Å². The standard InChI is InChI=1S/C23H19N3O6S/c1-5-21(24-30-15(2)27)23(26-32-17(4)29)22(25-31-16(3)28)18-11-13-20(14-12-18)33-19-9-7-6-8-10-19/h1,6-14H,2-4H3/b24-21+,25-22+,26-23+. The van der Waals surface area contributed by atoms with Crippen LogP contribution in [-0.2, 0) is 28.9 Å². The minimum absolute atomic E-state index is 0.0773. The lowest BCUT2D eigenvalue weighted by Crippen LogP contribution is -2.26. The van der Waals surface area contributed by atoms with E-state index in [1.54, 1.807) is 24.3 Å². The Bertz CT molecular complexity index is 1150. The van der Waals surface area contributed by atoms with Gasteiger partial charge < -0.3 is 14.5 Å². The van der Waals surface area contributed by atoms with E-state index in [1.807, 2.05) is 30.3 Å². The Morgan fingerprint density at radius 2 is 1.27 bits per heavy atom. The quantitative estimate of drug-likeness (QED) is 0.253. The molecule has 0 amide bonds. The van der Waals surface area contributed by atoms with Crippen molar-refractivity contribution in [2.24, 2.45) is 15.5 Å². The molecule has 9 nitrogen and oxygen atoms in total. The van der Waals surface area contributed by atoms with Crippen molar-refractivity contribution < 1.29 is 28.9 Å². The zero-order chi connectivity index (χ0) is 24.2. The summed E-state index contributed by atoms with van der Waals surface area (Å²) in [5, 5.41) is 11.0. The lowest BCUT2D eigenvalue weighted by atomic mass is 10.0. The van der Waals surface area contributed by atoms with Gasteiger partial charge >= 0.3 is 17.9 Å². The summed E-state index contributed by atoms with van der Waals surface area (Å²) < 4.78 is 0. The summed E-state index contributed by atoms with van der Waals surface area (Å²) in [6.07, 6.45) is 5.49. The topological polar surface area (TPSA) is 116 Å². The van der Waals surface area contributed by atoms with Gasteiger partial charge in [-0.25, -0.2) is 14.4 Å². The first-order valence-electron chi connectivity index (χ1n) is 9.37. The molecule has 2 aromatic rings. The zero-order valence-electron chi connectivity index (χ0n) is 18.0. The molecular weight excluding hydrogens is 446 g/mol. The molecule has 2 rings (SSSR count). The van der Waals surface area contributed by atoms with Crippen LogP contribution in [-0.4, -0.2) is 35.0 Å². The highest BCUT2D eigenvalue weighted by molar-refractivity contribution is 7.99. The van der Waals surface area contributed by atoms with Crippen molar-refractivity contribution in [2.45, 2.75) is 30.6 Å². The summed E-state index contributed by atoms with van der Waals surface area (Å²) in [6.45, 7) is 3.40. The second kappa shape index (κ2) is 12.6. The molecule has 0 heterocycles. The molecule has 0 saturated heterocycles. The van der Waals surface area contributed by atoms with Crippen molar-refractivity contribution >= 4 is 46.8 Å². The van der Waals surface area contributed by atoms with Gasteiger partial charge in [0.15, 0.2) is 11.4 Å². The monoisotopic (exact) mass is 465 g/mol. The molecular formula is C23H19N3O6S. The van der Waals surface area contributed by atoms with Crippen LogP contribution in [0.1, 0.15) is 26.3 Å². The SMILES string of the molecule is C#CC(=N\OC(C)=O)/C(=N\OC(C)=O)C(=N/OC(C)=O)/c1ccc(Sc2ccccc2)cc1. The Kier molecular flexibility index (Phi) is 9.55. The Hall–Kier alpha value is -4.23. The van der Waals surface area contributed by atoms with E-state index >= 15 is 0 Å². The molecule has 0 N–H and O–H groups in total. The number of benzene rings is 2. The summed E-state index contributed by atoms with van der Waals surface area (Å²) in [5.41, 5.74) is -0.254. The summed E-state index contributed by atoms with van der Waals surface area (Å²) in [4.78, 5) is 49.9. The zero-order valence-corrected chi connectivity index (χ0v) is 18.8. The molecule has 0 spiro atoms. The fourth-order valence-corrected chi connectivity index (χ4v) is 3.04. The van der Waals surface area contributed by atoms with Crippen LogP contribution in [0, 0.1) is 12.3 Å². The number of carbonyl (C=O) groups excluding carboxylic acids is 3. The van der Waals surface area contributed by atoms with Crippen molar-refractivity contribution in [2.75, 3.05) is 0 Å². The molecule has 2 aromatic carbocycles. The molecule has 0 saturated carbocycles. The van der Waals surface area contributed by atoms with E-state index in [2.05, 4.69) is 26.2 Å². The van der Waals surface area contributed by atoms with Gasteiger partial charge in [0.2, 0.25) is 0 Å². The van der Waals surface area contributed by atoms with Gasteiger partial charge in [0.25, 0.3) is 0 Å². The van der Waals surface area contributed by atoms with Crippen LogP contribution in [0.5, 0.6) is 0 Å². The van der Waals surface area contributed by atoms with Gasteiger partial charge in [0.05, 0.1) is 0 Å². The highest BCUT2D eigenvalue weighted by Gasteiger charge is 2.22. The molecule has 0 radical (unpaired) electrons. The Morgan fingerprint density at radius 1 is 0.758 bits per heavy atom. The highest BCUT2D eigenvalue weighted by Crippen LogP contribution is 2.27. The molecule has 0 aliphatic heterocycles. The van der Waals surface area contributed by atoms with Crippen LogP contribution < -0.4 is 0 Å². The van der Waals surface area contributed by atoms with Crippen LogP contribution in [0.4, 0.5) is 0 Å². The van der Waals surface area contributed by atoms with E-state index in [0.29, 0.717) is 5.56 Å². The number of hydrogen-bond acceptors (Lipinski definition) is 10. The van der Waals surface area contributed by atoms with Gasteiger partial charge in [0, 0.05) is 36.1 Å².